The molecule has 2 aliphatic rings. The molecule has 2 aliphatic heterocycles. The molecule has 0 aliphatic carbocycles. The summed E-state index contributed by atoms with van der Waals surface area (Å²) in [6.07, 6.45) is 0.781. The normalized spacial score (nSPS) is 19.4. The summed E-state index contributed by atoms with van der Waals surface area (Å²) in [6.45, 7) is 1.92. The maximum absolute atomic E-state index is 13.5. The van der Waals surface area contributed by atoms with Gasteiger partial charge in [0.05, 0.1) is 11.7 Å². The van der Waals surface area contributed by atoms with E-state index in [4.69, 9.17) is 11.6 Å². The van der Waals surface area contributed by atoms with Gasteiger partial charge in [-0.15, -0.1) is 11.3 Å². The van der Waals surface area contributed by atoms with E-state index in [0.29, 0.717) is 20.9 Å². The summed E-state index contributed by atoms with van der Waals surface area (Å²) < 4.78 is 28.3. The number of aromatic amines is 1. The Bertz CT molecular complexity index is 1440. The molecule has 1 fully saturated rings. The van der Waals surface area contributed by atoms with E-state index in [1.165, 1.54) is 22.7 Å². The second-order valence-corrected chi connectivity index (χ2v) is 12.6. The van der Waals surface area contributed by atoms with Crippen LogP contribution in [0, 0.1) is 0 Å². The number of rotatable bonds is 5. The van der Waals surface area contributed by atoms with Gasteiger partial charge in [-0.25, -0.2) is 13.4 Å². The SMILES string of the molecule is CNC(=O)CC1CN(S(=O)(=O)c2cc3cc(Cl)ccc3[nH]2)CCN1C(=O)c1nc2c(s1)CN(C)CC2. The molecule has 2 N–H and O–H groups in total. The molecule has 192 valence electrons. The predicted molar refractivity (Wildman–Crippen MR) is 138 cm³/mol. The first-order valence-corrected chi connectivity index (χ1v) is 14.3. The van der Waals surface area contributed by atoms with Crippen LogP contribution in [0.4, 0.5) is 0 Å². The summed E-state index contributed by atoms with van der Waals surface area (Å²) in [6, 6.07) is 6.05. The Morgan fingerprint density at radius 3 is 2.83 bits per heavy atom. The van der Waals surface area contributed by atoms with E-state index in [0.717, 1.165) is 30.1 Å². The van der Waals surface area contributed by atoms with Gasteiger partial charge in [-0.05, 0) is 31.3 Å². The number of piperazine rings is 1. The molecule has 0 saturated carbocycles. The fourth-order valence-corrected chi connectivity index (χ4v) is 7.50. The molecule has 36 heavy (non-hydrogen) atoms. The van der Waals surface area contributed by atoms with Crippen molar-refractivity contribution in [1.82, 2.24) is 29.4 Å². The van der Waals surface area contributed by atoms with E-state index in [-0.39, 0.29) is 42.9 Å². The number of hydrogen-bond donors (Lipinski definition) is 2. The van der Waals surface area contributed by atoms with Crippen LogP contribution in [0.25, 0.3) is 10.9 Å². The molecular weight excluding hydrogens is 524 g/mol. The van der Waals surface area contributed by atoms with E-state index >= 15 is 0 Å². The van der Waals surface area contributed by atoms with Gasteiger partial charge in [0.25, 0.3) is 15.9 Å². The largest absolute Gasteiger partial charge is 0.359 e. The van der Waals surface area contributed by atoms with Crippen LogP contribution in [-0.4, -0.2) is 90.6 Å². The zero-order chi connectivity index (χ0) is 25.6. The van der Waals surface area contributed by atoms with Gasteiger partial charge in [0, 0.05) is 73.4 Å². The highest BCUT2D eigenvalue weighted by Gasteiger charge is 2.39. The molecule has 13 heteroatoms. The third-order valence-electron chi connectivity index (χ3n) is 6.69. The lowest BCUT2D eigenvalue weighted by molar-refractivity contribution is -0.121. The highest BCUT2D eigenvalue weighted by molar-refractivity contribution is 7.89. The standard InChI is InChI=1S/C23H27ClN6O4S2/c1-25-20(31)11-16-12-29(36(33,34)21-10-14-9-15(24)3-4-17(14)26-21)7-8-30(16)23(32)22-27-18-5-6-28(2)13-19(18)35-22/h3-4,9-10,16,26H,5-8,11-13H2,1-2H3,(H,25,31). The van der Waals surface area contributed by atoms with Gasteiger partial charge in [-0.3, -0.25) is 9.59 Å². The van der Waals surface area contributed by atoms with E-state index < -0.39 is 16.1 Å². The Balaban J connectivity index is 1.40. The van der Waals surface area contributed by atoms with Crippen molar-refractivity contribution in [2.75, 3.05) is 40.3 Å². The van der Waals surface area contributed by atoms with Crippen molar-refractivity contribution in [3.05, 3.63) is 44.9 Å². The second-order valence-electron chi connectivity index (χ2n) is 9.13. The van der Waals surface area contributed by atoms with Crippen molar-refractivity contribution < 1.29 is 18.0 Å². The smallest absolute Gasteiger partial charge is 0.283 e. The number of nitrogens with zero attached hydrogens (tertiary/aromatic N) is 4. The first-order valence-electron chi connectivity index (χ1n) is 11.6. The zero-order valence-corrected chi connectivity index (χ0v) is 22.3. The number of carbonyl (C=O) groups excluding carboxylic acids is 2. The molecular formula is C23H27ClN6O4S2. The molecule has 1 aromatic carbocycles. The van der Waals surface area contributed by atoms with E-state index in [9.17, 15) is 18.0 Å². The maximum atomic E-state index is 13.5. The van der Waals surface area contributed by atoms with Gasteiger partial charge in [0.1, 0.15) is 5.03 Å². The fraction of sp³-hybridized carbons (Fsp3) is 0.435. The van der Waals surface area contributed by atoms with Crippen LogP contribution in [0.1, 0.15) is 26.8 Å². The average Bonchev–Trinajstić information content (AvgIpc) is 3.47. The van der Waals surface area contributed by atoms with E-state index in [1.807, 2.05) is 7.05 Å². The number of benzene rings is 1. The molecule has 1 unspecified atom stereocenters. The monoisotopic (exact) mass is 550 g/mol. The van der Waals surface area contributed by atoms with Crippen LogP contribution in [0.15, 0.2) is 29.3 Å². The summed E-state index contributed by atoms with van der Waals surface area (Å²) in [5.41, 5.74) is 1.61. The zero-order valence-electron chi connectivity index (χ0n) is 20.0. The Kier molecular flexibility index (Phi) is 6.81. The molecule has 0 spiro atoms. The second kappa shape index (κ2) is 9.75. The van der Waals surface area contributed by atoms with Gasteiger partial charge in [-0.1, -0.05) is 11.6 Å². The number of sulfonamides is 1. The van der Waals surface area contributed by atoms with Crippen molar-refractivity contribution in [1.29, 1.82) is 0 Å². The Morgan fingerprint density at radius 1 is 1.25 bits per heavy atom. The number of thiazole rings is 1. The van der Waals surface area contributed by atoms with Gasteiger partial charge < -0.3 is 20.1 Å². The lowest BCUT2D eigenvalue weighted by Gasteiger charge is -2.40. The molecule has 2 aromatic heterocycles. The average molecular weight is 551 g/mol. The molecule has 2 amide bonds. The molecule has 10 nitrogen and oxygen atoms in total. The number of H-pyrrole nitrogens is 1. The third-order valence-corrected chi connectivity index (χ3v) is 9.78. The van der Waals surface area contributed by atoms with Crippen LogP contribution < -0.4 is 5.32 Å². The highest BCUT2D eigenvalue weighted by atomic mass is 35.5. The highest BCUT2D eigenvalue weighted by Crippen LogP contribution is 2.29. The quantitative estimate of drug-likeness (QED) is 0.501. The summed E-state index contributed by atoms with van der Waals surface area (Å²) in [5.74, 6) is -0.527. The van der Waals surface area contributed by atoms with Gasteiger partial charge in [0.15, 0.2) is 5.01 Å². The lowest BCUT2D eigenvalue weighted by atomic mass is 10.1. The van der Waals surface area contributed by atoms with Crippen LogP contribution >= 0.6 is 22.9 Å². The van der Waals surface area contributed by atoms with Crippen molar-refractivity contribution >= 4 is 55.7 Å². The number of halogens is 1. The Morgan fingerprint density at radius 2 is 2.06 bits per heavy atom. The minimum absolute atomic E-state index is 0.00540. The van der Waals surface area contributed by atoms with Crippen LogP contribution in [0.2, 0.25) is 5.02 Å². The first kappa shape index (κ1) is 25.2. The summed E-state index contributed by atoms with van der Waals surface area (Å²) >= 11 is 7.44. The molecule has 3 aromatic rings. The van der Waals surface area contributed by atoms with Gasteiger partial charge >= 0.3 is 0 Å². The molecule has 1 atom stereocenters. The van der Waals surface area contributed by atoms with Crippen LogP contribution in [0.3, 0.4) is 0 Å². The number of aromatic nitrogens is 2. The Hall–Kier alpha value is -2.51. The molecule has 0 bridgehead atoms. The number of carbonyl (C=O) groups is 2. The van der Waals surface area contributed by atoms with Crippen LogP contribution in [-0.2, 0) is 27.8 Å². The third kappa shape index (κ3) is 4.75. The number of likely N-dealkylation sites (N-methyl/N-ethyl adjacent to an activating group) is 1. The van der Waals surface area contributed by atoms with Crippen LogP contribution in [0.5, 0.6) is 0 Å². The summed E-state index contributed by atoms with van der Waals surface area (Å²) in [5, 5.41) is 4.23. The lowest BCUT2D eigenvalue weighted by Crippen LogP contribution is -2.57. The maximum Gasteiger partial charge on any atom is 0.283 e. The van der Waals surface area contributed by atoms with E-state index in [1.54, 1.807) is 29.2 Å². The van der Waals surface area contributed by atoms with Crippen molar-refractivity contribution in [3.8, 4) is 0 Å². The van der Waals surface area contributed by atoms with Gasteiger partial charge in [0.2, 0.25) is 5.91 Å². The van der Waals surface area contributed by atoms with Crippen molar-refractivity contribution in [3.63, 3.8) is 0 Å². The Labute approximate surface area is 218 Å². The minimum Gasteiger partial charge on any atom is -0.359 e. The number of amides is 2. The number of fused-ring (bicyclic) bond motifs is 2. The molecule has 5 rings (SSSR count). The fourth-order valence-electron chi connectivity index (χ4n) is 4.70. The van der Waals surface area contributed by atoms with Crippen molar-refractivity contribution in [2.24, 2.45) is 0 Å². The first-order chi connectivity index (χ1) is 17.2. The topological polar surface area (TPSA) is 119 Å². The summed E-state index contributed by atoms with van der Waals surface area (Å²) in [7, 11) is -0.334. The molecule has 1 saturated heterocycles. The van der Waals surface area contributed by atoms with E-state index in [2.05, 4.69) is 20.2 Å². The summed E-state index contributed by atoms with van der Waals surface area (Å²) in [4.78, 5) is 38.2. The molecule has 0 radical (unpaired) electrons. The predicted octanol–water partition coefficient (Wildman–Crippen LogP) is 1.92. The number of hydrogen-bond acceptors (Lipinski definition) is 7. The molecule has 4 heterocycles. The van der Waals surface area contributed by atoms with Crippen molar-refractivity contribution in [2.45, 2.75) is 30.5 Å². The minimum atomic E-state index is -3.89. The number of nitrogens with one attached hydrogen (secondary N) is 2. The van der Waals surface area contributed by atoms with Gasteiger partial charge in [-0.2, -0.15) is 4.31 Å².